The first-order chi connectivity index (χ1) is 13.8. The fourth-order valence-corrected chi connectivity index (χ4v) is 4.52. The molecule has 0 amide bonds. The van der Waals surface area contributed by atoms with Crippen molar-refractivity contribution < 1.29 is 61.4 Å². The van der Waals surface area contributed by atoms with Gasteiger partial charge >= 0.3 is 43.0 Å². The minimum atomic E-state index is -2.73. The van der Waals surface area contributed by atoms with Crippen LogP contribution in [0.4, 0.5) is 0 Å². The summed E-state index contributed by atoms with van der Waals surface area (Å²) in [5, 5.41) is 0. The minimum Gasteiger partial charge on any atom is -0.769 e. The number of rotatable bonds is 10. The number of hydrogen-bond acceptors (Lipinski definition) is 10. The first-order valence-corrected chi connectivity index (χ1v) is 13.9. The second-order valence-electron chi connectivity index (χ2n) is 4.85. The van der Waals surface area contributed by atoms with Gasteiger partial charge in [-0.2, -0.15) is 0 Å². The van der Waals surface area contributed by atoms with Crippen LogP contribution in [0.3, 0.4) is 0 Å². The molecule has 0 N–H and O–H groups in total. The molecule has 0 aliphatic rings. The molecular weight excluding hydrogens is 521 g/mol. The molecule has 0 aliphatic carbocycles. The Morgan fingerprint density at radius 1 is 0.667 bits per heavy atom. The van der Waals surface area contributed by atoms with E-state index in [4.69, 9.17) is 55.4 Å². The maximum absolute atomic E-state index is 7.72. The molecule has 2 rings (SSSR count). The normalized spacial score (nSPS) is 11.0. The van der Waals surface area contributed by atoms with Crippen molar-refractivity contribution in [2.45, 2.75) is 9.79 Å². The largest absolute Gasteiger partial charge is 1.00 e. The Morgan fingerprint density at radius 3 is 1.17 bits per heavy atom. The van der Waals surface area contributed by atoms with Crippen LogP contribution in [0.25, 0.3) is 0 Å². The van der Waals surface area contributed by atoms with E-state index in [1.54, 1.807) is 11.8 Å². The van der Waals surface area contributed by atoms with Gasteiger partial charge in [-0.1, -0.05) is 11.8 Å². The van der Waals surface area contributed by atoms with Gasteiger partial charge in [0.1, 0.15) is 11.5 Å². The fourth-order valence-electron chi connectivity index (χ4n) is 1.83. The molecule has 0 bridgehead atoms. The van der Waals surface area contributed by atoms with E-state index in [1.165, 1.54) is 28.4 Å². The molecule has 0 radical (unpaired) electrons. The van der Waals surface area contributed by atoms with Crippen LogP contribution in [-0.4, -0.2) is 28.4 Å². The van der Waals surface area contributed by atoms with Gasteiger partial charge in [0.05, 0.1) is 0 Å². The Kier molecular flexibility index (Phi) is 16.0. The predicted octanol–water partition coefficient (Wildman–Crippen LogP) is 2.13. The van der Waals surface area contributed by atoms with Gasteiger partial charge in [-0.3, -0.25) is 0 Å². The van der Waals surface area contributed by atoms with Crippen molar-refractivity contribution in [3.63, 3.8) is 0 Å². The van der Waals surface area contributed by atoms with Gasteiger partial charge in [-0.25, -0.2) is 11.9 Å². The first-order valence-electron chi connectivity index (χ1n) is 7.71. The third-order valence-electron chi connectivity index (χ3n) is 3.21. The Bertz CT molecular complexity index is 758. The summed E-state index contributed by atoms with van der Waals surface area (Å²) in [6.07, 6.45) is 0. The molecule has 0 unspecified atom stereocenters. The van der Waals surface area contributed by atoms with E-state index >= 15 is 0 Å². The Balaban J connectivity index is 0.00000272. The third kappa shape index (κ3) is 10.1. The zero-order valence-corrected chi connectivity index (χ0v) is 24.0. The molecule has 7 nitrogen and oxygen atoms in total. The zero-order valence-electron chi connectivity index (χ0n) is 17.0. The molecule has 2 aromatic carbocycles. The van der Waals surface area contributed by atoms with E-state index < -0.39 is 13.4 Å². The van der Waals surface area contributed by atoms with Crippen LogP contribution < -0.4 is 43.3 Å². The van der Waals surface area contributed by atoms with Crippen molar-refractivity contribution in [2.75, 3.05) is 28.4 Å². The van der Waals surface area contributed by atoms with Crippen molar-refractivity contribution in [1.82, 2.24) is 0 Å². The third-order valence-corrected chi connectivity index (χ3v) is 9.12. The monoisotopic (exact) mass is 540 g/mol. The van der Waals surface area contributed by atoms with Crippen molar-refractivity contribution in [3.05, 3.63) is 48.5 Å². The van der Waals surface area contributed by atoms with Gasteiger partial charge in [0.25, 0.3) is 0 Å². The van der Waals surface area contributed by atoms with Crippen LogP contribution in [0.2, 0.25) is 0 Å². The van der Waals surface area contributed by atoms with E-state index in [2.05, 4.69) is 11.9 Å². The minimum absolute atomic E-state index is 0. The standard InChI is InChI=1S/C16H20O6P2S3.ClO.Na/c1-17-23(25,18-2)21-13-5-9-15(10-6-13)27-16-11-7-14(8-12-16)22-24(26,19-3)20-4;1-2;/h5-12H,1-4H3;;/q;-1;+1. The summed E-state index contributed by atoms with van der Waals surface area (Å²) in [7, 11) is 5.89. The molecule has 0 aromatic heterocycles. The van der Waals surface area contributed by atoms with Gasteiger partial charge in [-0.05, 0) is 48.5 Å². The van der Waals surface area contributed by atoms with Gasteiger partial charge in [-0.15, -0.1) is 0 Å². The SMILES string of the molecule is COP(=S)(OC)Oc1ccc(Sc2ccc(OP(=S)(OC)OC)cc2)cc1.[Na+].[O-]Cl. The van der Waals surface area contributed by atoms with Crippen LogP contribution in [0.5, 0.6) is 11.5 Å². The molecule has 162 valence electrons. The van der Waals surface area contributed by atoms with Crippen LogP contribution >= 0.6 is 37.1 Å². The summed E-state index contributed by atoms with van der Waals surface area (Å²) in [6, 6.07) is 15.0. The fraction of sp³-hybridized carbons (Fsp3) is 0.250. The smallest absolute Gasteiger partial charge is 0.769 e. The van der Waals surface area contributed by atoms with E-state index in [0.29, 0.717) is 11.5 Å². The first kappa shape index (κ1) is 30.8. The van der Waals surface area contributed by atoms with Crippen LogP contribution in [0.1, 0.15) is 0 Å². The average molecular weight is 541 g/mol. The summed E-state index contributed by atoms with van der Waals surface area (Å²) >= 11 is 15.4. The Morgan fingerprint density at radius 2 is 0.933 bits per heavy atom. The molecule has 30 heavy (non-hydrogen) atoms. The van der Waals surface area contributed by atoms with E-state index in [1.807, 2.05) is 48.5 Å². The Hall–Kier alpha value is 0.780. The molecule has 14 heteroatoms. The van der Waals surface area contributed by atoms with Crippen LogP contribution in [0, 0.1) is 0 Å². The Labute approximate surface area is 218 Å². The number of hydrogen-bond donors (Lipinski definition) is 0. The summed E-state index contributed by atoms with van der Waals surface area (Å²) in [4.78, 5) is 2.08. The molecule has 2 aromatic rings. The van der Waals surface area contributed by atoms with Gasteiger partial charge < -0.3 is 31.8 Å². The molecule has 0 spiro atoms. The second kappa shape index (κ2) is 15.6. The molecule has 0 heterocycles. The van der Waals surface area contributed by atoms with Gasteiger partial charge in [0.2, 0.25) is 0 Å². The summed E-state index contributed by atoms with van der Waals surface area (Å²) < 4.78 is 39.4. The number of halogens is 1. The van der Waals surface area contributed by atoms with Crippen molar-refractivity contribution >= 4 is 60.7 Å². The van der Waals surface area contributed by atoms with E-state index in [0.717, 1.165) is 9.79 Å². The van der Waals surface area contributed by atoms with Crippen molar-refractivity contribution in [2.24, 2.45) is 0 Å². The topological polar surface area (TPSA) is 78.4 Å². The summed E-state index contributed by atoms with van der Waals surface area (Å²) in [5.41, 5.74) is 0. The van der Waals surface area contributed by atoms with Crippen molar-refractivity contribution in [3.8, 4) is 11.5 Å². The average Bonchev–Trinajstić information content (AvgIpc) is 2.77. The predicted molar refractivity (Wildman–Crippen MR) is 121 cm³/mol. The summed E-state index contributed by atoms with van der Waals surface area (Å²) in [5.74, 6) is 1.19. The maximum atomic E-state index is 7.72. The quantitative estimate of drug-likeness (QED) is 0.330. The van der Waals surface area contributed by atoms with Gasteiger partial charge in [0, 0.05) is 61.8 Å². The molecule has 0 fully saturated rings. The van der Waals surface area contributed by atoms with Crippen LogP contribution in [-0.2, 0) is 41.7 Å². The van der Waals surface area contributed by atoms with Crippen LogP contribution in [0.15, 0.2) is 58.3 Å². The maximum Gasteiger partial charge on any atom is 1.00 e. The molecule has 0 saturated carbocycles. The van der Waals surface area contributed by atoms with Gasteiger partial charge in [0.15, 0.2) is 0 Å². The molecule has 0 atom stereocenters. The zero-order chi connectivity index (χ0) is 21.9. The molecular formula is C16H20ClNaO7P2S3. The van der Waals surface area contributed by atoms with Crippen molar-refractivity contribution in [1.29, 1.82) is 0 Å². The van der Waals surface area contributed by atoms with E-state index in [-0.39, 0.29) is 29.6 Å². The molecule has 0 saturated heterocycles. The number of benzene rings is 2. The second-order valence-corrected chi connectivity index (χ2v) is 12.3. The van der Waals surface area contributed by atoms with E-state index in [9.17, 15) is 0 Å². The summed E-state index contributed by atoms with van der Waals surface area (Å²) in [6.45, 7) is -5.45. The molecule has 0 aliphatic heterocycles.